The molecule has 0 radical (unpaired) electrons. The van der Waals surface area contributed by atoms with Crippen molar-refractivity contribution >= 4 is 17.2 Å². The summed E-state index contributed by atoms with van der Waals surface area (Å²) in [4.78, 5) is 14.4. The van der Waals surface area contributed by atoms with Crippen LogP contribution in [0.5, 0.6) is 0 Å². The molecular weight excluding hydrogens is 260 g/mol. The van der Waals surface area contributed by atoms with Gasteiger partial charge in [-0.1, -0.05) is 6.92 Å². The Morgan fingerprint density at radius 1 is 1.37 bits per heavy atom. The van der Waals surface area contributed by atoms with Crippen molar-refractivity contribution in [3.05, 3.63) is 21.9 Å². The highest BCUT2D eigenvalue weighted by atomic mass is 32.1. The van der Waals surface area contributed by atoms with Gasteiger partial charge in [0.15, 0.2) is 0 Å². The van der Waals surface area contributed by atoms with Crippen LogP contribution >= 0.6 is 11.3 Å². The molecule has 4 nitrogen and oxygen atoms in total. The van der Waals surface area contributed by atoms with Crippen molar-refractivity contribution in [3.8, 4) is 0 Å². The first-order valence-corrected chi connectivity index (χ1v) is 7.75. The predicted molar refractivity (Wildman–Crippen MR) is 77.4 cm³/mol. The van der Waals surface area contributed by atoms with E-state index in [9.17, 15) is 4.79 Å². The average molecular weight is 282 g/mol. The first-order chi connectivity index (χ1) is 9.28. The first-order valence-electron chi connectivity index (χ1n) is 6.93. The third kappa shape index (κ3) is 4.93. The fraction of sp³-hybridized carbons (Fsp3) is 0.643. The fourth-order valence-corrected chi connectivity index (χ4v) is 3.05. The van der Waals surface area contributed by atoms with E-state index >= 15 is 0 Å². The Morgan fingerprint density at radius 3 is 2.79 bits per heavy atom. The van der Waals surface area contributed by atoms with Crippen LogP contribution in [0, 0.1) is 0 Å². The monoisotopic (exact) mass is 282 g/mol. The summed E-state index contributed by atoms with van der Waals surface area (Å²) >= 11 is 1.81. The molecule has 2 rings (SSSR count). The van der Waals surface area contributed by atoms with Crippen molar-refractivity contribution in [2.75, 3.05) is 19.8 Å². The molecule has 0 spiro atoms. The average Bonchev–Trinajstić information content (AvgIpc) is 2.88. The molecule has 19 heavy (non-hydrogen) atoms. The standard InChI is InChI=1S/C14H22N2O2S/c1-2-12-3-4-13(19-12)9-15-10-14(17)16-11-5-7-18-8-6-11/h3-4,11,15H,2,5-10H2,1H3,(H,16,17). The highest BCUT2D eigenvalue weighted by molar-refractivity contribution is 7.11. The molecule has 0 aliphatic carbocycles. The molecule has 0 bridgehead atoms. The highest BCUT2D eigenvalue weighted by Gasteiger charge is 2.15. The third-order valence-electron chi connectivity index (χ3n) is 3.24. The third-order valence-corrected chi connectivity index (χ3v) is 4.47. The van der Waals surface area contributed by atoms with Crippen molar-refractivity contribution in [2.24, 2.45) is 0 Å². The van der Waals surface area contributed by atoms with E-state index < -0.39 is 0 Å². The summed E-state index contributed by atoms with van der Waals surface area (Å²) in [6, 6.07) is 4.58. The van der Waals surface area contributed by atoms with E-state index in [1.807, 2.05) is 11.3 Å². The molecule has 2 heterocycles. The lowest BCUT2D eigenvalue weighted by molar-refractivity contribution is -0.121. The van der Waals surface area contributed by atoms with Crippen molar-refractivity contribution in [1.82, 2.24) is 10.6 Å². The zero-order chi connectivity index (χ0) is 13.5. The SMILES string of the molecule is CCc1ccc(CNCC(=O)NC2CCOCC2)s1. The van der Waals surface area contributed by atoms with Gasteiger partial charge in [-0.3, -0.25) is 4.79 Å². The van der Waals surface area contributed by atoms with Gasteiger partial charge in [0.1, 0.15) is 0 Å². The van der Waals surface area contributed by atoms with Gasteiger partial charge in [0.05, 0.1) is 6.54 Å². The van der Waals surface area contributed by atoms with Crippen LogP contribution in [0.3, 0.4) is 0 Å². The summed E-state index contributed by atoms with van der Waals surface area (Å²) in [6.45, 7) is 4.83. The number of amides is 1. The van der Waals surface area contributed by atoms with E-state index in [-0.39, 0.29) is 11.9 Å². The number of aryl methyl sites for hydroxylation is 1. The molecule has 0 atom stereocenters. The Bertz CT molecular complexity index is 400. The van der Waals surface area contributed by atoms with Crippen LogP contribution in [0.2, 0.25) is 0 Å². The van der Waals surface area contributed by atoms with Gasteiger partial charge in [-0.15, -0.1) is 11.3 Å². The number of ether oxygens (including phenoxy) is 1. The Labute approximate surface area is 118 Å². The summed E-state index contributed by atoms with van der Waals surface area (Å²) in [5, 5.41) is 6.24. The second-order valence-corrected chi connectivity index (χ2v) is 6.03. The minimum atomic E-state index is 0.0826. The molecule has 0 aromatic carbocycles. The summed E-state index contributed by atoms with van der Waals surface area (Å²) in [5.74, 6) is 0.0826. The predicted octanol–water partition coefficient (Wildman–Crippen LogP) is 1.70. The van der Waals surface area contributed by atoms with Gasteiger partial charge in [-0.05, 0) is 31.4 Å². The molecule has 1 fully saturated rings. The van der Waals surface area contributed by atoms with Gasteiger partial charge >= 0.3 is 0 Å². The summed E-state index contributed by atoms with van der Waals surface area (Å²) < 4.78 is 5.27. The largest absolute Gasteiger partial charge is 0.381 e. The normalized spacial score (nSPS) is 16.5. The Morgan fingerprint density at radius 2 is 2.11 bits per heavy atom. The number of hydrogen-bond donors (Lipinski definition) is 2. The van der Waals surface area contributed by atoms with E-state index in [1.54, 1.807) is 0 Å². The molecule has 1 saturated heterocycles. The van der Waals surface area contributed by atoms with Crippen molar-refractivity contribution < 1.29 is 9.53 Å². The Kier molecular flexibility index (Phi) is 5.82. The quantitative estimate of drug-likeness (QED) is 0.835. The number of hydrogen-bond acceptors (Lipinski definition) is 4. The van der Waals surface area contributed by atoms with Crippen LogP contribution in [0.25, 0.3) is 0 Å². The number of carbonyl (C=O) groups is 1. The second kappa shape index (κ2) is 7.62. The minimum Gasteiger partial charge on any atom is -0.381 e. The van der Waals surface area contributed by atoms with Crippen LogP contribution < -0.4 is 10.6 Å². The van der Waals surface area contributed by atoms with Crippen molar-refractivity contribution in [3.63, 3.8) is 0 Å². The molecule has 1 aliphatic rings. The van der Waals surface area contributed by atoms with Crippen LogP contribution in [0.4, 0.5) is 0 Å². The maximum atomic E-state index is 11.8. The van der Waals surface area contributed by atoms with E-state index in [4.69, 9.17) is 4.74 Å². The van der Waals surface area contributed by atoms with Gasteiger partial charge in [-0.25, -0.2) is 0 Å². The fourth-order valence-electron chi connectivity index (χ4n) is 2.13. The summed E-state index contributed by atoms with van der Waals surface area (Å²) in [6.07, 6.45) is 2.93. The molecular formula is C14H22N2O2S. The van der Waals surface area contributed by atoms with E-state index in [0.29, 0.717) is 6.54 Å². The van der Waals surface area contributed by atoms with Gasteiger partial charge in [-0.2, -0.15) is 0 Å². The smallest absolute Gasteiger partial charge is 0.234 e. The number of thiophene rings is 1. The summed E-state index contributed by atoms with van der Waals surface area (Å²) in [7, 11) is 0. The topological polar surface area (TPSA) is 50.4 Å². The zero-order valence-electron chi connectivity index (χ0n) is 11.4. The minimum absolute atomic E-state index is 0.0826. The number of carbonyl (C=O) groups excluding carboxylic acids is 1. The molecule has 1 amide bonds. The maximum absolute atomic E-state index is 11.8. The van der Waals surface area contributed by atoms with Crippen LogP contribution in [0.15, 0.2) is 12.1 Å². The molecule has 1 aromatic rings. The van der Waals surface area contributed by atoms with Gasteiger partial charge in [0, 0.05) is 35.6 Å². The van der Waals surface area contributed by atoms with E-state index in [0.717, 1.165) is 39.0 Å². The summed E-state index contributed by atoms with van der Waals surface area (Å²) in [5.41, 5.74) is 0. The van der Waals surface area contributed by atoms with Gasteiger partial charge in [0.2, 0.25) is 5.91 Å². The first kappa shape index (κ1) is 14.5. The van der Waals surface area contributed by atoms with E-state index in [2.05, 4.69) is 29.7 Å². The molecule has 2 N–H and O–H groups in total. The van der Waals surface area contributed by atoms with Crippen LogP contribution in [-0.2, 0) is 22.5 Å². The molecule has 106 valence electrons. The molecule has 1 aliphatic heterocycles. The lowest BCUT2D eigenvalue weighted by Crippen LogP contribution is -2.42. The van der Waals surface area contributed by atoms with Gasteiger partial charge < -0.3 is 15.4 Å². The Balaban J connectivity index is 1.63. The lowest BCUT2D eigenvalue weighted by atomic mass is 10.1. The highest BCUT2D eigenvalue weighted by Crippen LogP contribution is 2.16. The van der Waals surface area contributed by atoms with Crippen LogP contribution in [-0.4, -0.2) is 31.7 Å². The maximum Gasteiger partial charge on any atom is 0.234 e. The zero-order valence-corrected chi connectivity index (χ0v) is 12.2. The second-order valence-electron chi connectivity index (χ2n) is 4.78. The van der Waals surface area contributed by atoms with Crippen molar-refractivity contribution in [1.29, 1.82) is 0 Å². The lowest BCUT2D eigenvalue weighted by Gasteiger charge is -2.23. The number of nitrogens with one attached hydrogen (secondary N) is 2. The van der Waals surface area contributed by atoms with Gasteiger partial charge in [0.25, 0.3) is 0 Å². The van der Waals surface area contributed by atoms with E-state index in [1.165, 1.54) is 9.75 Å². The van der Waals surface area contributed by atoms with Crippen molar-refractivity contribution in [2.45, 2.75) is 38.8 Å². The Hall–Kier alpha value is -0.910. The van der Waals surface area contributed by atoms with Crippen LogP contribution in [0.1, 0.15) is 29.5 Å². The molecule has 0 saturated carbocycles. The molecule has 5 heteroatoms. The molecule has 1 aromatic heterocycles. The molecule has 0 unspecified atom stereocenters. The number of rotatable bonds is 6.